The van der Waals surface area contributed by atoms with Crippen LogP contribution in [-0.4, -0.2) is 35.2 Å². The van der Waals surface area contributed by atoms with Crippen molar-refractivity contribution < 1.29 is 0 Å². The van der Waals surface area contributed by atoms with Gasteiger partial charge in [0.2, 0.25) is 0 Å². The quantitative estimate of drug-likeness (QED) is 0.587. The van der Waals surface area contributed by atoms with Gasteiger partial charge in [-0.25, -0.2) is 10.0 Å². The zero-order valence-electron chi connectivity index (χ0n) is 9.46. The van der Waals surface area contributed by atoms with Crippen LogP contribution in [0.2, 0.25) is 0 Å². The first-order valence-corrected chi connectivity index (χ1v) is 5.07. The molecule has 0 N–H and O–H groups in total. The monoisotopic (exact) mass is 172 g/mol. The standard InChI is InChI=1S/C10H24N2/c1-7-11(8-2)12(9(3)4)10(5)6/h9-10H,7-8H2,1-6H3. The molecule has 2 heteroatoms. The predicted molar refractivity (Wildman–Crippen MR) is 55.0 cm³/mol. The predicted octanol–water partition coefficient (Wildman–Crippen LogP) is 2.36. The molecule has 0 aromatic carbocycles. The summed E-state index contributed by atoms with van der Waals surface area (Å²) in [6, 6.07) is 1.20. The molecule has 0 aliphatic heterocycles. The van der Waals surface area contributed by atoms with Crippen molar-refractivity contribution in [3.63, 3.8) is 0 Å². The zero-order valence-corrected chi connectivity index (χ0v) is 9.46. The van der Waals surface area contributed by atoms with E-state index in [-0.39, 0.29) is 0 Å². The smallest absolute Gasteiger partial charge is 0.0192 e. The van der Waals surface area contributed by atoms with Crippen molar-refractivity contribution in [3.8, 4) is 0 Å². The minimum atomic E-state index is 0.602. The van der Waals surface area contributed by atoms with Gasteiger partial charge >= 0.3 is 0 Å². The van der Waals surface area contributed by atoms with E-state index in [1.807, 2.05) is 0 Å². The van der Waals surface area contributed by atoms with Gasteiger partial charge in [-0.3, -0.25) is 0 Å². The molecule has 0 aliphatic carbocycles. The second kappa shape index (κ2) is 5.55. The van der Waals surface area contributed by atoms with E-state index in [9.17, 15) is 0 Å². The molecule has 0 saturated carbocycles. The number of hydrazine groups is 1. The molecule has 0 radical (unpaired) electrons. The molecule has 0 unspecified atom stereocenters. The molecule has 0 heterocycles. The van der Waals surface area contributed by atoms with Crippen LogP contribution in [-0.2, 0) is 0 Å². The van der Waals surface area contributed by atoms with Gasteiger partial charge in [0.15, 0.2) is 0 Å². The fraction of sp³-hybridized carbons (Fsp3) is 1.00. The second-order valence-corrected chi connectivity index (χ2v) is 3.71. The Hall–Kier alpha value is -0.0800. The van der Waals surface area contributed by atoms with Crippen molar-refractivity contribution in [1.29, 1.82) is 0 Å². The summed E-state index contributed by atoms with van der Waals surface area (Å²) in [4.78, 5) is 0. The normalized spacial score (nSPS) is 12.5. The summed E-state index contributed by atoms with van der Waals surface area (Å²) < 4.78 is 0. The molecule has 0 bridgehead atoms. The Morgan fingerprint density at radius 1 is 0.833 bits per heavy atom. The Bertz CT molecular complexity index is 98.4. The van der Waals surface area contributed by atoms with Crippen LogP contribution in [0.5, 0.6) is 0 Å². The number of nitrogens with zero attached hydrogens (tertiary/aromatic N) is 2. The van der Waals surface area contributed by atoms with E-state index in [0.717, 1.165) is 13.1 Å². The van der Waals surface area contributed by atoms with E-state index in [1.54, 1.807) is 0 Å². The van der Waals surface area contributed by atoms with E-state index in [1.165, 1.54) is 0 Å². The maximum Gasteiger partial charge on any atom is 0.0192 e. The minimum absolute atomic E-state index is 0.602. The highest BCUT2D eigenvalue weighted by Crippen LogP contribution is 2.08. The van der Waals surface area contributed by atoms with Gasteiger partial charge in [-0.15, -0.1) is 0 Å². The fourth-order valence-corrected chi connectivity index (χ4v) is 1.80. The molecular formula is C10H24N2. The van der Waals surface area contributed by atoms with Crippen LogP contribution in [0.25, 0.3) is 0 Å². The first-order chi connectivity index (χ1) is 5.54. The molecule has 2 nitrogen and oxygen atoms in total. The highest BCUT2D eigenvalue weighted by Gasteiger charge is 2.18. The van der Waals surface area contributed by atoms with Gasteiger partial charge in [-0.1, -0.05) is 13.8 Å². The molecular weight excluding hydrogens is 148 g/mol. The summed E-state index contributed by atoms with van der Waals surface area (Å²) in [5.74, 6) is 0. The molecule has 12 heavy (non-hydrogen) atoms. The maximum atomic E-state index is 2.44. The molecule has 0 saturated heterocycles. The van der Waals surface area contributed by atoms with Crippen molar-refractivity contribution in [2.45, 2.75) is 53.6 Å². The lowest BCUT2D eigenvalue weighted by atomic mass is 10.3. The van der Waals surface area contributed by atoms with Gasteiger partial charge in [-0.2, -0.15) is 0 Å². The Balaban J connectivity index is 4.26. The molecule has 0 fully saturated rings. The van der Waals surface area contributed by atoms with E-state index < -0.39 is 0 Å². The highest BCUT2D eigenvalue weighted by atomic mass is 15.6. The Kier molecular flexibility index (Phi) is 5.51. The number of hydrogen-bond acceptors (Lipinski definition) is 2. The second-order valence-electron chi connectivity index (χ2n) is 3.71. The molecule has 0 atom stereocenters. The molecule has 0 rings (SSSR count). The summed E-state index contributed by atoms with van der Waals surface area (Å²) >= 11 is 0. The van der Waals surface area contributed by atoms with Crippen LogP contribution in [0.15, 0.2) is 0 Å². The van der Waals surface area contributed by atoms with Crippen molar-refractivity contribution in [2.75, 3.05) is 13.1 Å². The lowest BCUT2D eigenvalue weighted by Gasteiger charge is -2.39. The average Bonchev–Trinajstić information content (AvgIpc) is 1.98. The first-order valence-electron chi connectivity index (χ1n) is 5.07. The Morgan fingerprint density at radius 3 is 1.25 bits per heavy atom. The topological polar surface area (TPSA) is 6.48 Å². The molecule has 0 spiro atoms. The van der Waals surface area contributed by atoms with Gasteiger partial charge < -0.3 is 0 Å². The fourth-order valence-electron chi connectivity index (χ4n) is 1.80. The van der Waals surface area contributed by atoms with Crippen LogP contribution in [0.1, 0.15) is 41.5 Å². The number of rotatable bonds is 5. The third kappa shape index (κ3) is 3.11. The lowest BCUT2D eigenvalue weighted by Crippen LogP contribution is -2.50. The van der Waals surface area contributed by atoms with Crippen LogP contribution in [0, 0.1) is 0 Å². The van der Waals surface area contributed by atoms with Gasteiger partial charge in [-0.05, 0) is 27.7 Å². The largest absolute Gasteiger partial charge is 0.242 e. The van der Waals surface area contributed by atoms with Gasteiger partial charge in [0.1, 0.15) is 0 Å². The van der Waals surface area contributed by atoms with Crippen LogP contribution in [0.4, 0.5) is 0 Å². The maximum absolute atomic E-state index is 2.44. The SMILES string of the molecule is CCN(CC)N(C(C)C)C(C)C. The summed E-state index contributed by atoms with van der Waals surface area (Å²) in [6.45, 7) is 15.6. The van der Waals surface area contributed by atoms with E-state index >= 15 is 0 Å². The van der Waals surface area contributed by atoms with Crippen molar-refractivity contribution in [3.05, 3.63) is 0 Å². The summed E-state index contributed by atoms with van der Waals surface area (Å²) in [5, 5.41) is 4.84. The van der Waals surface area contributed by atoms with E-state index in [4.69, 9.17) is 0 Å². The third-order valence-corrected chi connectivity index (χ3v) is 2.11. The molecule has 0 amide bonds. The lowest BCUT2D eigenvalue weighted by molar-refractivity contribution is -0.0684. The molecule has 0 aliphatic rings. The first kappa shape index (κ1) is 11.9. The van der Waals surface area contributed by atoms with E-state index in [2.05, 4.69) is 51.6 Å². The summed E-state index contributed by atoms with van der Waals surface area (Å²) in [6.07, 6.45) is 0. The van der Waals surface area contributed by atoms with Crippen LogP contribution >= 0.6 is 0 Å². The van der Waals surface area contributed by atoms with Gasteiger partial charge in [0.05, 0.1) is 0 Å². The van der Waals surface area contributed by atoms with Gasteiger partial charge in [0, 0.05) is 25.2 Å². The van der Waals surface area contributed by atoms with E-state index in [0.29, 0.717) is 12.1 Å². The molecule has 74 valence electrons. The van der Waals surface area contributed by atoms with Gasteiger partial charge in [0.25, 0.3) is 0 Å². The Morgan fingerprint density at radius 2 is 1.17 bits per heavy atom. The summed E-state index contributed by atoms with van der Waals surface area (Å²) in [5.41, 5.74) is 0. The van der Waals surface area contributed by atoms with Crippen LogP contribution in [0.3, 0.4) is 0 Å². The van der Waals surface area contributed by atoms with Crippen LogP contribution < -0.4 is 0 Å². The minimum Gasteiger partial charge on any atom is -0.242 e. The average molecular weight is 172 g/mol. The zero-order chi connectivity index (χ0) is 9.72. The van der Waals surface area contributed by atoms with Crippen molar-refractivity contribution >= 4 is 0 Å². The number of hydrogen-bond donors (Lipinski definition) is 0. The Labute approximate surface area is 77.5 Å². The van der Waals surface area contributed by atoms with Crippen molar-refractivity contribution in [2.24, 2.45) is 0 Å². The summed E-state index contributed by atoms with van der Waals surface area (Å²) in [7, 11) is 0. The van der Waals surface area contributed by atoms with Crippen molar-refractivity contribution in [1.82, 2.24) is 10.0 Å². The molecule has 0 aromatic rings. The highest BCUT2D eigenvalue weighted by molar-refractivity contribution is 4.64. The molecule has 0 aromatic heterocycles. The third-order valence-electron chi connectivity index (χ3n) is 2.11.